The van der Waals surface area contributed by atoms with Gasteiger partial charge in [0.25, 0.3) is 0 Å². The number of nitrogens with zero attached hydrogens (tertiary/aromatic N) is 3. The molecule has 0 fully saturated rings. The first-order chi connectivity index (χ1) is 16.4. The summed E-state index contributed by atoms with van der Waals surface area (Å²) in [5.74, 6) is 1.51. The minimum atomic E-state index is -0.112. The van der Waals surface area contributed by atoms with Gasteiger partial charge in [-0.15, -0.1) is 10.2 Å². The van der Waals surface area contributed by atoms with Crippen molar-refractivity contribution in [2.75, 3.05) is 17.7 Å². The lowest BCUT2D eigenvalue weighted by Gasteiger charge is -2.12. The van der Waals surface area contributed by atoms with Crippen molar-refractivity contribution in [2.45, 2.75) is 25.9 Å². The smallest absolute Gasteiger partial charge is 0.234 e. The van der Waals surface area contributed by atoms with Crippen LogP contribution < -0.4 is 10.1 Å². The Bertz CT molecular complexity index is 1300. The zero-order valence-corrected chi connectivity index (χ0v) is 20.8. The van der Waals surface area contributed by atoms with Crippen LogP contribution in [0.4, 0.5) is 5.69 Å². The predicted octanol–water partition coefficient (Wildman–Crippen LogP) is 6.33. The van der Waals surface area contributed by atoms with Crippen molar-refractivity contribution in [1.82, 2.24) is 14.8 Å². The number of halogens is 1. The third-order valence-electron chi connectivity index (χ3n) is 5.25. The molecule has 4 rings (SSSR count). The number of nitrogens with one attached hydrogen (secondary N) is 1. The highest BCUT2D eigenvalue weighted by Gasteiger charge is 2.18. The molecule has 8 heteroatoms. The fourth-order valence-electron chi connectivity index (χ4n) is 3.42. The number of thioether (sulfide) groups is 1. The summed E-state index contributed by atoms with van der Waals surface area (Å²) >= 11 is 7.55. The van der Waals surface area contributed by atoms with E-state index in [9.17, 15) is 4.79 Å². The maximum absolute atomic E-state index is 12.6. The molecule has 1 aromatic heterocycles. The molecule has 34 heavy (non-hydrogen) atoms. The second-order valence-electron chi connectivity index (χ2n) is 7.71. The monoisotopic (exact) mass is 492 g/mol. The van der Waals surface area contributed by atoms with Crippen molar-refractivity contribution in [3.05, 3.63) is 82.9 Å². The zero-order valence-electron chi connectivity index (χ0n) is 19.2. The Balaban J connectivity index is 1.60. The Morgan fingerprint density at radius 3 is 2.53 bits per heavy atom. The molecule has 4 aromatic rings. The molecule has 0 atom stereocenters. The Labute approximate surface area is 208 Å². The fraction of sp³-hybridized carbons (Fsp3) is 0.192. The molecule has 0 unspecified atom stereocenters. The first-order valence-corrected chi connectivity index (χ1v) is 12.3. The van der Waals surface area contributed by atoms with Crippen LogP contribution in [-0.2, 0) is 4.79 Å². The lowest BCUT2D eigenvalue weighted by atomic mass is 10.1. The highest BCUT2D eigenvalue weighted by Crippen LogP contribution is 2.30. The number of aromatic nitrogens is 3. The normalized spacial score (nSPS) is 10.8. The molecular weight excluding hydrogens is 468 g/mol. The zero-order chi connectivity index (χ0) is 24.1. The molecule has 1 amide bonds. The Kier molecular flexibility index (Phi) is 7.55. The molecule has 0 saturated carbocycles. The van der Waals surface area contributed by atoms with Gasteiger partial charge in [0.15, 0.2) is 11.0 Å². The van der Waals surface area contributed by atoms with Crippen LogP contribution in [0.15, 0.2) is 71.9 Å². The molecule has 0 saturated heterocycles. The SMILES string of the molecule is CCOc1ccc(-n2c(SCC(=O)Nc3ccc(C)c(C)c3)nnc2-c2cccc(Cl)c2)cc1. The van der Waals surface area contributed by atoms with E-state index in [1.807, 2.05) is 92.1 Å². The number of ether oxygens (including phenoxy) is 1. The van der Waals surface area contributed by atoms with Crippen LogP contribution in [-0.4, -0.2) is 33.0 Å². The molecule has 1 heterocycles. The number of hydrogen-bond donors (Lipinski definition) is 1. The summed E-state index contributed by atoms with van der Waals surface area (Å²) < 4.78 is 7.50. The minimum Gasteiger partial charge on any atom is -0.494 e. The molecule has 0 bridgehead atoms. The number of rotatable bonds is 8. The van der Waals surface area contributed by atoms with Crippen LogP contribution >= 0.6 is 23.4 Å². The molecule has 0 aliphatic carbocycles. The molecule has 1 N–H and O–H groups in total. The van der Waals surface area contributed by atoms with Crippen molar-refractivity contribution < 1.29 is 9.53 Å². The van der Waals surface area contributed by atoms with Crippen LogP contribution in [0.5, 0.6) is 5.75 Å². The molecule has 0 spiro atoms. The van der Waals surface area contributed by atoms with E-state index < -0.39 is 0 Å². The van der Waals surface area contributed by atoms with E-state index in [0.29, 0.717) is 22.6 Å². The van der Waals surface area contributed by atoms with Gasteiger partial charge in [-0.25, -0.2) is 0 Å². The first kappa shape index (κ1) is 23.9. The number of carbonyl (C=O) groups excluding carboxylic acids is 1. The van der Waals surface area contributed by atoms with Crippen molar-refractivity contribution in [3.63, 3.8) is 0 Å². The maximum Gasteiger partial charge on any atom is 0.234 e. The minimum absolute atomic E-state index is 0.112. The summed E-state index contributed by atoms with van der Waals surface area (Å²) in [6, 6.07) is 21.0. The molecule has 0 radical (unpaired) electrons. The molecular formula is C26H25ClN4O2S. The number of anilines is 1. The van der Waals surface area contributed by atoms with Crippen LogP contribution in [0.1, 0.15) is 18.1 Å². The first-order valence-electron chi connectivity index (χ1n) is 10.9. The number of hydrogen-bond acceptors (Lipinski definition) is 5. The van der Waals surface area contributed by atoms with Crippen molar-refractivity contribution in [1.29, 1.82) is 0 Å². The van der Waals surface area contributed by atoms with Crippen molar-refractivity contribution >= 4 is 35.0 Å². The van der Waals surface area contributed by atoms with Crippen LogP contribution in [0.25, 0.3) is 17.1 Å². The van der Waals surface area contributed by atoms with Gasteiger partial charge in [0.2, 0.25) is 5.91 Å². The quantitative estimate of drug-likeness (QED) is 0.291. The van der Waals surface area contributed by atoms with E-state index >= 15 is 0 Å². The van der Waals surface area contributed by atoms with Gasteiger partial charge in [0.05, 0.1) is 12.4 Å². The standard InChI is InChI=1S/C26H25ClN4O2S/c1-4-33-23-12-10-22(11-13-23)31-25(19-6-5-7-20(27)15-19)29-30-26(31)34-16-24(32)28-21-9-8-17(2)18(3)14-21/h5-15H,4,16H2,1-3H3,(H,28,32). The Morgan fingerprint density at radius 2 is 1.82 bits per heavy atom. The summed E-state index contributed by atoms with van der Waals surface area (Å²) in [6.07, 6.45) is 0. The number of benzene rings is 3. The molecule has 0 aliphatic heterocycles. The van der Waals surface area contributed by atoms with Gasteiger partial charge in [-0.2, -0.15) is 0 Å². The highest BCUT2D eigenvalue weighted by atomic mass is 35.5. The van der Waals surface area contributed by atoms with Crippen LogP contribution in [0.2, 0.25) is 5.02 Å². The largest absolute Gasteiger partial charge is 0.494 e. The summed E-state index contributed by atoms with van der Waals surface area (Å²) in [4.78, 5) is 12.6. The predicted molar refractivity (Wildman–Crippen MR) is 138 cm³/mol. The molecule has 174 valence electrons. The van der Waals surface area contributed by atoms with E-state index in [0.717, 1.165) is 28.3 Å². The van der Waals surface area contributed by atoms with E-state index in [1.165, 1.54) is 17.3 Å². The second kappa shape index (κ2) is 10.8. The highest BCUT2D eigenvalue weighted by molar-refractivity contribution is 7.99. The third kappa shape index (κ3) is 5.61. The fourth-order valence-corrected chi connectivity index (χ4v) is 4.36. The van der Waals surface area contributed by atoms with Crippen molar-refractivity contribution in [2.24, 2.45) is 0 Å². The number of amides is 1. The Hall–Kier alpha value is -3.29. The van der Waals surface area contributed by atoms with E-state index in [-0.39, 0.29) is 11.7 Å². The van der Waals surface area contributed by atoms with Gasteiger partial charge in [0.1, 0.15) is 5.75 Å². The van der Waals surface area contributed by atoms with Gasteiger partial charge in [0, 0.05) is 22.0 Å². The lowest BCUT2D eigenvalue weighted by molar-refractivity contribution is -0.113. The summed E-state index contributed by atoms with van der Waals surface area (Å²) in [7, 11) is 0. The van der Waals surface area contributed by atoms with Crippen LogP contribution in [0.3, 0.4) is 0 Å². The van der Waals surface area contributed by atoms with E-state index in [1.54, 1.807) is 0 Å². The summed E-state index contributed by atoms with van der Waals surface area (Å²) in [5, 5.41) is 13.0. The lowest BCUT2D eigenvalue weighted by Crippen LogP contribution is -2.14. The Morgan fingerprint density at radius 1 is 1.03 bits per heavy atom. The average Bonchev–Trinajstić information content (AvgIpc) is 3.25. The summed E-state index contributed by atoms with van der Waals surface area (Å²) in [5.41, 5.74) is 4.79. The number of aryl methyl sites for hydroxylation is 2. The van der Waals surface area contributed by atoms with E-state index in [2.05, 4.69) is 15.5 Å². The number of carbonyl (C=O) groups is 1. The maximum atomic E-state index is 12.6. The molecule has 0 aliphatic rings. The van der Waals surface area contributed by atoms with Gasteiger partial charge in [-0.05, 0) is 80.4 Å². The van der Waals surface area contributed by atoms with E-state index in [4.69, 9.17) is 16.3 Å². The summed E-state index contributed by atoms with van der Waals surface area (Å²) in [6.45, 7) is 6.61. The van der Waals surface area contributed by atoms with Gasteiger partial charge in [-0.3, -0.25) is 9.36 Å². The van der Waals surface area contributed by atoms with Crippen molar-refractivity contribution in [3.8, 4) is 22.8 Å². The topological polar surface area (TPSA) is 69.0 Å². The van der Waals surface area contributed by atoms with Gasteiger partial charge >= 0.3 is 0 Å². The molecule has 3 aromatic carbocycles. The second-order valence-corrected chi connectivity index (χ2v) is 9.09. The molecule has 6 nitrogen and oxygen atoms in total. The van der Waals surface area contributed by atoms with Gasteiger partial charge in [-0.1, -0.05) is 41.6 Å². The van der Waals surface area contributed by atoms with Crippen LogP contribution in [0, 0.1) is 13.8 Å². The van der Waals surface area contributed by atoms with Gasteiger partial charge < -0.3 is 10.1 Å². The average molecular weight is 493 g/mol. The third-order valence-corrected chi connectivity index (χ3v) is 6.41.